The SMILES string of the molecule is CCCNc1cc(N2CCSCC2C)ccn1. The molecule has 3 nitrogen and oxygen atoms in total. The Morgan fingerprint density at radius 1 is 1.59 bits per heavy atom. The quantitative estimate of drug-likeness (QED) is 0.890. The van der Waals surface area contributed by atoms with Crippen LogP contribution in [-0.4, -0.2) is 35.6 Å². The second kappa shape index (κ2) is 6.15. The Balaban J connectivity index is 2.08. The fourth-order valence-electron chi connectivity index (χ4n) is 2.06. The maximum absolute atomic E-state index is 4.35. The molecule has 0 aromatic carbocycles. The van der Waals surface area contributed by atoms with Crippen molar-refractivity contribution in [3.05, 3.63) is 18.3 Å². The molecular formula is C13H21N3S. The van der Waals surface area contributed by atoms with Crippen LogP contribution >= 0.6 is 11.8 Å². The van der Waals surface area contributed by atoms with E-state index >= 15 is 0 Å². The van der Waals surface area contributed by atoms with Gasteiger partial charge in [-0.15, -0.1) is 0 Å². The lowest BCUT2D eigenvalue weighted by molar-refractivity contribution is 0.699. The number of rotatable bonds is 4. The summed E-state index contributed by atoms with van der Waals surface area (Å²) in [7, 11) is 0. The lowest BCUT2D eigenvalue weighted by Crippen LogP contribution is -2.40. The highest BCUT2D eigenvalue weighted by Gasteiger charge is 2.19. The van der Waals surface area contributed by atoms with Crippen molar-refractivity contribution < 1.29 is 0 Å². The minimum absolute atomic E-state index is 0.621. The van der Waals surface area contributed by atoms with Crippen LogP contribution < -0.4 is 10.2 Å². The Kier molecular flexibility index (Phi) is 4.54. The number of thioether (sulfide) groups is 1. The molecule has 1 N–H and O–H groups in total. The van der Waals surface area contributed by atoms with Gasteiger partial charge in [-0.25, -0.2) is 4.98 Å². The summed E-state index contributed by atoms with van der Waals surface area (Å²) < 4.78 is 0. The van der Waals surface area contributed by atoms with Gasteiger partial charge in [0.05, 0.1) is 0 Å². The largest absolute Gasteiger partial charge is 0.370 e. The topological polar surface area (TPSA) is 28.2 Å². The number of anilines is 2. The smallest absolute Gasteiger partial charge is 0.127 e. The average molecular weight is 251 g/mol. The molecule has 1 aromatic rings. The van der Waals surface area contributed by atoms with Crippen molar-refractivity contribution in [1.29, 1.82) is 0 Å². The first-order valence-corrected chi connectivity index (χ1v) is 7.51. The molecule has 0 saturated carbocycles. The van der Waals surface area contributed by atoms with Gasteiger partial charge < -0.3 is 10.2 Å². The molecule has 94 valence electrons. The Bertz CT molecular complexity index is 356. The van der Waals surface area contributed by atoms with E-state index in [1.165, 1.54) is 17.2 Å². The van der Waals surface area contributed by atoms with Gasteiger partial charge in [-0.2, -0.15) is 11.8 Å². The fraction of sp³-hybridized carbons (Fsp3) is 0.615. The van der Waals surface area contributed by atoms with Crippen LogP contribution in [0.4, 0.5) is 11.5 Å². The summed E-state index contributed by atoms with van der Waals surface area (Å²) in [6, 6.07) is 4.90. The maximum atomic E-state index is 4.35. The van der Waals surface area contributed by atoms with E-state index in [0.29, 0.717) is 6.04 Å². The Morgan fingerprint density at radius 3 is 3.24 bits per heavy atom. The molecule has 1 fully saturated rings. The maximum Gasteiger partial charge on any atom is 0.127 e. The number of hydrogen-bond donors (Lipinski definition) is 1. The van der Waals surface area contributed by atoms with E-state index in [1.54, 1.807) is 0 Å². The summed E-state index contributed by atoms with van der Waals surface area (Å²) in [6.45, 7) is 6.59. The summed E-state index contributed by atoms with van der Waals surface area (Å²) in [5, 5.41) is 3.35. The van der Waals surface area contributed by atoms with Crippen LogP contribution in [0, 0.1) is 0 Å². The number of aromatic nitrogens is 1. The third kappa shape index (κ3) is 3.28. The first-order valence-electron chi connectivity index (χ1n) is 6.35. The standard InChI is InChI=1S/C13H21N3S/c1-3-5-14-13-9-12(4-6-15-13)16-7-8-17-10-11(16)2/h4,6,9,11H,3,5,7-8,10H2,1-2H3,(H,14,15). The summed E-state index contributed by atoms with van der Waals surface area (Å²) in [5.41, 5.74) is 1.30. The molecule has 0 aliphatic carbocycles. The van der Waals surface area contributed by atoms with Gasteiger partial charge >= 0.3 is 0 Å². The van der Waals surface area contributed by atoms with Gasteiger partial charge in [-0.05, 0) is 19.4 Å². The van der Waals surface area contributed by atoms with Crippen LogP contribution in [0.3, 0.4) is 0 Å². The predicted octanol–water partition coefficient (Wildman–Crippen LogP) is 2.85. The normalized spacial score (nSPS) is 20.4. The van der Waals surface area contributed by atoms with Crippen molar-refractivity contribution in [2.24, 2.45) is 0 Å². The van der Waals surface area contributed by atoms with E-state index < -0.39 is 0 Å². The zero-order valence-electron chi connectivity index (χ0n) is 10.6. The lowest BCUT2D eigenvalue weighted by Gasteiger charge is -2.35. The molecule has 1 saturated heterocycles. The molecule has 0 amide bonds. The highest BCUT2D eigenvalue weighted by atomic mass is 32.2. The molecule has 1 aromatic heterocycles. The van der Waals surface area contributed by atoms with Gasteiger partial charge in [0.15, 0.2) is 0 Å². The monoisotopic (exact) mass is 251 g/mol. The van der Waals surface area contributed by atoms with Crippen molar-refractivity contribution in [2.45, 2.75) is 26.3 Å². The van der Waals surface area contributed by atoms with Gasteiger partial charge in [-0.3, -0.25) is 0 Å². The van der Waals surface area contributed by atoms with E-state index in [0.717, 1.165) is 25.3 Å². The molecule has 2 rings (SSSR count). The Morgan fingerprint density at radius 2 is 2.47 bits per heavy atom. The van der Waals surface area contributed by atoms with E-state index in [4.69, 9.17) is 0 Å². The van der Waals surface area contributed by atoms with E-state index in [9.17, 15) is 0 Å². The van der Waals surface area contributed by atoms with Crippen molar-refractivity contribution in [3.63, 3.8) is 0 Å². The molecule has 0 spiro atoms. The number of hydrogen-bond acceptors (Lipinski definition) is 4. The highest BCUT2D eigenvalue weighted by molar-refractivity contribution is 7.99. The van der Waals surface area contributed by atoms with Crippen molar-refractivity contribution in [3.8, 4) is 0 Å². The van der Waals surface area contributed by atoms with Crippen LogP contribution in [0.5, 0.6) is 0 Å². The third-order valence-electron chi connectivity index (χ3n) is 3.00. The van der Waals surface area contributed by atoms with Crippen LogP contribution in [0.1, 0.15) is 20.3 Å². The van der Waals surface area contributed by atoms with E-state index in [1.807, 2.05) is 18.0 Å². The van der Waals surface area contributed by atoms with Crippen LogP contribution in [0.2, 0.25) is 0 Å². The first kappa shape index (κ1) is 12.6. The molecule has 4 heteroatoms. The molecule has 1 aliphatic rings. The Labute approximate surface area is 108 Å². The summed E-state index contributed by atoms with van der Waals surface area (Å²) in [4.78, 5) is 6.84. The minimum Gasteiger partial charge on any atom is -0.370 e. The van der Waals surface area contributed by atoms with Crippen LogP contribution in [-0.2, 0) is 0 Å². The van der Waals surface area contributed by atoms with Crippen molar-refractivity contribution in [2.75, 3.05) is 34.8 Å². The summed E-state index contributed by atoms with van der Waals surface area (Å²) in [6.07, 6.45) is 3.03. The molecule has 2 heterocycles. The number of nitrogens with one attached hydrogen (secondary N) is 1. The highest BCUT2D eigenvalue weighted by Crippen LogP contribution is 2.25. The number of nitrogens with zero attached hydrogens (tertiary/aromatic N) is 2. The number of pyridine rings is 1. The van der Waals surface area contributed by atoms with Gasteiger partial charge in [-0.1, -0.05) is 6.92 Å². The Hall–Kier alpha value is -0.900. The van der Waals surface area contributed by atoms with E-state index in [-0.39, 0.29) is 0 Å². The van der Waals surface area contributed by atoms with Crippen molar-refractivity contribution >= 4 is 23.3 Å². The molecule has 0 radical (unpaired) electrons. The molecule has 17 heavy (non-hydrogen) atoms. The van der Waals surface area contributed by atoms with Gasteiger partial charge in [0.2, 0.25) is 0 Å². The third-order valence-corrected chi connectivity index (χ3v) is 4.19. The molecule has 1 atom stereocenters. The van der Waals surface area contributed by atoms with Gasteiger partial charge in [0.1, 0.15) is 5.82 Å². The summed E-state index contributed by atoms with van der Waals surface area (Å²) in [5.74, 6) is 3.44. The summed E-state index contributed by atoms with van der Waals surface area (Å²) >= 11 is 2.05. The zero-order valence-corrected chi connectivity index (χ0v) is 11.5. The molecular weight excluding hydrogens is 230 g/mol. The van der Waals surface area contributed by atoms with Crippen molar-refractivity contribution in [1.82, 2.24) is 4.98 Å². The van der Waals surface area contributed by atoms with Gasteiger partial charge in [0, 0.05) is 48.6 Å². The minimum atomic E-state index is 0.621. The van der Waals surface area contributed by atoms with Gasteiger partial charge in [0.25, 0.3) is 0 Å². The predicted molar refractivity (Wildman–Crippen MR) is 77.2 cm³/mol. The second-order valence-electron chi connectivity index (χ2n) is 4.44. The first-order chi connectivity index (χ1) is 8.31. The molecule has 1 aliphatic heterocycles. The second-order valence-corrected chi connectivity index (χ2v) is 5.59. The fourth-order valence-corrected chi connectivity index (χ4v) is 3.07. The molecule has 0 bridgehead atoms. The average Bonchev–Trinajstić information content (AvgIpc) is 2.37. The lowest BCUT2D eigenvalue weighted by atomic mass is 10.2. The zero-order chi connectivity index (χ0) is 12.1. The molecule has 1 unspecified atom stereocenters. The van der Waals surface area contributed by atoms with Crippen LogP contribution in [0.15, 0.2) is 18.3 Å². The van der Waals surface area contributed by atoms with Crippen LogP contribution in [0.25, 0.3) is 0 Å². The van der Waals surface area contributed by atoms with E-state index in [2.05, 4.69) is 41.2 Å².